The number of fused-ring (bicyclic) bond motifs is 3. The molecule has 0 saturated carbocycles. The zero-order chi connectivity index (χ0) is 32.5. The molecule has 2 unspecified atom stereocenters. The summed E-state index contributed by atoms with van der Waals surface area (Å²) in [4.78, 5) is 2.41. The first-order chi connectivity index (χ1) is 24.2. The molecule has 0 fully saturated rings. The van der Waals surface area contributed by atoms with Crippen molar-refractivity contribution in [3.05, 3.63) is 198 Å². The summed E-state index contributed by atoms with van der Waals surface area (Å²) in [6.45, 7) is 2.40. The van der Waals surface area contributed by atoms with E-state index in [-0.39, 0.29) is 6.17 Å². The van der Waals surface area contributed by atoms with Crippen LogP contribution in [-0.2, 0) is 5.41 Å². The van der Waals surface area contributed by atoms with E-state index in [2.05, 4.69) is 193 Å². The van der Waals surface area contributed by atoms with Crippen LogP contribution in [0.2, 0.25) is 0 Å². The van der Waals surface area contributed by atoms with Crippen LogP contribution >= 0.6 is 0 Å². The van der Waals surface area contributed by atoms with E-state index in [0.29, 0.717) is 0 Å². The van der Waals surface area contributed by atoms with Crippen LogP contribution in [0.1, 0.15) is 35.3 Å². The van der Waals surface area contributed by atoms with Crippen molar-refractivity contribution in [2.75, 3.05) is 10.2 Å². The molecule has 1 aliphatic heterocycles. The minimum Gasteiger partial charge on any atom is -0.359 e. The lowest BCUT2D eigenvalue weighted by atomic mass is 9.70. The van der Waals surface area contributed by atoms with E-state index in [1.165, 1.54) is 76.7 Å². The Balaban J connectivity index is 1.16. The van der Waals surface area contributed by atoms with Gasteiger partial charge < -0.3 is 10.2 Å². The second-order valence-electron chi connectivity index (χ2n) is 13.5. The van der Waals surface area contributed by atoms with Gasteiger partial charge in [-0.25, -0.2) is 0 Å². The summed E-state index contributed by atoms with van der Waals surface area (Å²) >= 11 is 0. The van der Waals surface area contributed by atoms with Gasteiger partial charge in [-0.3, -0.25) is 0 Å². The van der Waals surface area contributed by atoms with Gasteiger partial charge in [-0.1, -0.05) is 140 Å². The normalized spacial score (nSPS) is 15.5. The fourth-order valence-corrected chi connectivity index (χ4v) is 8.48. The van der Waals surface area contributed by atoms with Gasteiger partial charge in [0.05, 0.1) is 11.4 Å². The molecule has 1 aliphatic rings. The van der Waals surface area contributed by atoms with Crippen molar-refractivity contribution in [3.63, 3.8) is 0 Å². The smallest absolute Gasteiger partial charge is 0.130 e. The molecule has 0 bridgehead atoms. The summed E-state index contributed by atoms with van der Waals surface area (Å²) in [6.07, 6.45) is -0.0130. The van der Waals surface area contributed by atoms with Crippen LogP contribution in [0.15, 0.2) is 176 Å². The van der Waals surface area contributed by atoms with Gasteiger partial charge in [-0.15, -0.1) is 0 Å². The number of hydrogen-bond acceptors (Lipinski definition) is 2. The fraction of sp³-hybridized carbons (Fsp3) is 0.0638. The SMILES string of the molecule is CC(c1ccccc1)(c1ccc(C2Nc3ccccc3N2c2ccccc2)cc1)c1cc2cccc3c4cccc5cccc(c(c1)c23)c54. The van der Waals surface area contributed by atoms with E-state index in [0.717, 1.165) is 5.69 Å². The molecular weight excluding hydrogens is 593 g/mol. The Labute approximate surface area is 286 Å². The van der Waals surface area contributed by atoms with Gasteiger partial charge in [-0.2, -0.15) is 0 Å². The van der Waals surface area contributed by atoms with Crippen LogP contribution in [0.25, 0.3) is 43.1 Å². The summed E-state index contributed by atoms with van der Waals surface area (Å²) in [6, 6.07) is 64.8. The van der Waals surface area contributed by atoms with Crippen LogP contribution in [0.3, 0.4) is 0 Å². The summed E-state index contributed by atoms with van der Waals surface area (Å²) in [5.74, 6) is 0. The van der Waals surface area contributed by atoms with Crippen molar-refractivity contribution in [1.29, 1.82) is 0 Å². The van der Waals surface area contributed by atoms with Gasteiger partial charge in [0, 0.05) is 11.1 Å². The Bertz CT molecular complexity index is 2640. The van der Waals surface area contributed by atoms with E-state index in [9.17, 15) is 0 Å². The Kier molecular flexibility index (Phi) is 6.10. The number of anilines is 3. The zero-order valence-corrected chi connectivity index (χ0v) is 27.3. The zero-order valence-electron chi connectivity index (χ0n) is 27.3. The maximum atomic E-state index is 3.81. The largest absolute Gasteiger partial charge is 0.359 e. The summed E-state index contributed by atoms with van der Waals surface area (Å²) in [5.41, 5.74) is 8.17. The minimum atomic E-state index is -0.392. The molecule has 2 nitrogen and oxygen atoms in total. The van der Waals surface area contributed by atoms with Crippen molar-refractivity contribution in [3.8, 4) is 0 Å². The van der Waals surface area contributed by atoms with Gasteiger partial charge in [0.2, 0.25) is 0 Å². The maximum Gasteiger partial charge on any atom is 0.130 e. The minimum absolute atomic E-state index is 0.0130. The molecule has 0 spiro atoms. The third-order valence-corrected chi connectivity index (χ3v) is 10.9. The molecule has 0 radical (unpaired) electrons. The molecule has 2 heteroatoms. The second-order valence-corrected chi connectivity index (χ2v) is 13.5. The Morgan fingerprint density at radius 1 is 0.469 bits per heavy atom. The van der Waals surface area contributed by atoms with Crippen LogP contribution in [0.5, 0.6) is 0 Å². The first kappa shape index (κ1) is 27.9. The third-order valence-electron chi connectivity index (χ3n) is 10.9. The molecule has 10 rings (SSSR count). The van der Waals surface area contributed by atoms with Crippen LogP contribution < -0.4 is 10.2 Å². The van der Waals surface area contributed by atoms with E-state index < -0.39 is 5.41 Å². The van der Waals surface area contributed by atoms with Crippen molar-refractivity contribution < 1.29 is 0 Å². The van der Waals surface area contributed by atoms with Gasteiger partial charge in [0.25, 0.3) is 0 Å². The molecule has 232 valence electrons. The molecule has 0 aliphatic carbocycles. The van der Waals surface area contributed by atoms with E-state index in [4.69, 9.17) is 0 Å². The highest BCUT2D eigenvalue weighted by Crippen LogP contribution is 2.48. The molecule has 0 amide bonds. The first-order valence-electron chi connectivity index (χ1n) is 17.1. The third kappa shape index (κ3) is 4.14. The molecule has 2 atom stereocenters. The number of nitrogens with zero attached hydrogens (tertiary/aromatic N) is 1. The predicted molar refractivity (Wildman–Crippen MR) is 207 cm³/mol. The monoisotopic (exact) mass is 626 g/mol. The Morgan fingerprint density at radius 2 is 1.04 bits per heavy atom. The second kappa shape index (κ2) is 10.7. The van der Waals surface area contributed by atoms with Gasteiger partial charge in [-0.05, 0) is 109 Å². The lowest BCUT2D eigenvalue weighted by Gasteiger charge is -2.33. The number of rotatable bonds is 5. The number of nitrogens with one attached hydrogen (secondary N) is 1. The Hall–Kier alpha value is -6.12. The average molecular weight is 627 g/mol. The standard InChI is InChI=1S/C47H34N2/c1-47(34-16-4-2-5-17-34,35-27-25-32(26-28-35)46-48-42-23-8-9-24-43(42)49(46)37-18-6-3-7-19-37)36-29-33-15-12-21-39-38-20-10-13-31-14-11-22-40(44(31)38)41(30-36)45(33)39/h2-30,46,48H,1H3. The highest BCUT2D eigenvalue weighted by Gasteiger charge is 2.34. The summed E-state index contributed by atoms with van der Waals surface area (Å²) < 4.78 is 0. The quantitative estimate of drug-likeness (QED) is 0.116. The number of hydrogen-bond donors (Lipinski definition) is 1. The molecule has 1 heterocycles. The van der Waals surface area contributed by atoms with Crippen molar-refractivity contribution in [2.45, 2.75) is 18.5 Å². The molecule has 0 saturated heterocycles. The highest BCUT2D eigenvalue weighted by atomic mass is 15.3. The van der Waals surface area contributed by atoms with Gasteiger partial charge >= 0.3 is 0 Å². The first-order valence-corrected chi connectivity index (χ1v) is 17.1. The van der Waals surface area contributed by atoms with Crippen molar-refractivity contribution in [1.82, 2.24) is 0 Å². The molecule has 49 heavy (non-hydrogen) atoms. The fourth-order valence-electron chi connectivity index (χ4n) is 8.48. The van der Waals surface area contributed by atoms with Crippen LogP contribution in [-0.4, -0.2) is 0 Å². The summed E-state index contributed by atoms with van der Waals surface area (Å²) in [7, 11) is 0. The number of para-hydroxylation sites is 3. The average Bonchev–Trinajstić information content (AvgIpc) is 3.57. The lowest BCUT2D eigenvalue weighted by molar-refractivity contribution is 0.693. The maximum absolute atomic E-state index is 3.81. The van der Waals surface area contributed by atoms with Crippen molar-refractivity contribution >= 4 is 60.2 Å². The predicted octanol–water partition coefficient (Wildman–Crippen LogP) is 12.4. The van der Waals surface area contributed by atoms with E-state index in [1.807, 2.05) is 0 Å². The molecule has 9 aromatic rings. The van der Waals surface area contributed by atoms with E-state index in [1.54, 1.807) is 0 Å². The molecule has 1 N–H and O–H groups in total. The van der Waals surface area contributed by atoms with Crippen molar-refractivity contribution in [2.24, 2.45) is 0 Å². The van der Waals surface area contributed by atoms with Gasteiger partial charge in [0.15, 0.2) is 0 Å². The molecule has 9 aromatic carbocycles. The van der Waals surface area contributed by atoms with Gasteiger partial charge in [0.1, 0.15) is 6.17 Å². The lowest BCUT2D eigenvalue weighted by Crippen LogP contribution is -2.26. The summed E-state index contributed by atoms with van der Waals surface area (Å²) in [5, 5.41) is 14.4. The van der Waals surface area contributed by atoms with Crippen LogP contribution in [0.4, 0.5) is 17.1 Å². The molecular formula is C47H34N2. The van der Waals surface area contributed by atoms with E-state index >= 15 is 0 Å². The number of benzene rings is 9. The molecule has 0 aromatic heterocycles. The van der Waals surface area contributed by atoms with Crippen LogP contribution in [0, 0.1) is 0 Å². The topological polar surface area (TPSA) is 15.3 Å². The Morgan fingerprint density at radius 3 is 1.76 bits per heavy atom. The highest BCUT2D eigenvalue weighted by molar-refractivity contribution is 6.33.